The first-order valence-corrected chi connectivity index (χ1v) is 9.70. The molecule has 3 N–H and O–H groups in total. The predicted molar refractivity (Wildman–Crippen MR) is 125 cm³/mol. The number of benzene rings is 1. The zero-order chi connectivity index (χ0) is 19.6. The van der Waals surface area contributed by atoms with Gasteiger partial charge in [0.1, 0.15) is 0 Å². The highest BCUT2D eigenvalue weighted by atomic mass is 127. The van der Waals surface area contributed by atoms with Crippen LogP contribution in [0.5, 0.6) is 0 Å². The highest BCUT2D eigenvalue weighted by Crippen LogP contribution is 2.28. The van der Waals surface area contributed by atoms with Crippen LogP contribution >= 0.6 is 24.0 Å². The summed E-state index contributed by atoms with van der Waals surface area (Å²) in [6.45, 7) is 3.16. The zero-order valence-electron chi connectivity index (χ0n) is 16.6. The lowest BCUT2D eigenvalue weighted by molar-refractivity contribution is 0.0996. The van der Waals surface area contributed by atoms with Crippen LogP contribution < -0.4 is 16.0 Å². The molecule has 8 heteroatoms. The molecule has 0 aliphatic heterocycles. The first-order chi connectivity index (χ1) is 13.7. The van der Waals surface area contributed by atoms with Crippen molar-refractivity contribution in [1.82, 2.24) is 10.6 Å². The quantitative estimate of drug-likeness (QED) is 0.196. The van der Waals surface area contributed by atoms with Crippen LogP contribution in [0.25, 0.3) is 0 Å². The normalized spacial score (nSPS) is 13.5. The zero-order valence-corrected chi connectivity index (χ0v) is 19.0. The fourth-order valence-electron chi connectivity index (χ4n) is 2.63. The van der Waals surface area contributed by atoms with Crippen LogP contribution in [0.3, 0.4) is 0 Å². The minimum Gasteiger partial charge on any atom is -0.459 e. The third-order valence-electron chi connectivity index (χ3n) is 4.45. The molecule has 1 aliphatic rings. The van der Waals surface area contributed by atoms with E-state index in [1.165, 1.54) is 19.1 Å². The molecule has 1 fully saturated rings. The van der Waals surface area contributed by atoms with E-state index >= 15 is 0 Å². The first-order valence-electron chi connectivity index (χ1n) is 9.70. The first kappa shape index (κ1) is 23.2. The van der Waals surface area contributed by atoms with Crippen molar-refractivity contribution < 1.29 is 13.9 Å². The van der Waals surface area contributed by atoms with E-state index < -0.39 is 0 Å². The van der Waals surface area contributed by atoms with Crippen molar-refractivity contribution in [2.24, 2.45) is 10.9 Å². The minimum absolute atomic E-state index is 0. The third kappa shape index (κ3) is 8.45. The molecule has 29 heavy (non-hydrogen) atoms. The Morgan fingerprint density at radius 3 is 2.66 bits per heavy atom. The van der Waals surface area contributed by atoms with Gasteiger partial charge >= 0.3 is 0 Å². The van der Waals surface area contributed by atoms with Gasteiger partial charge < -0.3 is 25.1 Å². The van der Waals surface area contributed by atoms with Crippen LogP contribution in [0.2, 0.25) is 0 Å². The second-order valence-corrected chi connectivity index (χ2v) is 6.85. The number of anilines is 1. The van der Waals surface area contributed by atoms with Crippen molar-refractivity contribution in [3.05, 3.63) is 54.0 Å². The number of halogens is 1. The number of rotatable bonds is 10. The average molecular weight is 512 g/mol. The Hall–Kier alpha value is -2.07. The Balaban J connectivity index is 0.00000300. The van der Waals surface area contributed by atoms with Crippen molar-refractivity contribution in [2.45, 2.75) is 25.8 Å². The van der Waals surface area contributed by atoms with Crippen LogP contribution in [-0.2, 0) is 11.3 Å². The summed E-state index contributed by atoms with van der Waals surface area (Å²) in [4.78, 5) is 16.2. The SMILES string of the molecule is CN=C(NCCCOCC1CC1)NCc1ccc(NC(=O)c2ccco2)cc1.I. The van der Waals surface area contributed by atoms with Gasteiger partial charge in [-0.1, -0.05) is 12.1 Å². The Morgan fingerprint density at radius 1 is 1.21 bits per heavy atom. The summed E-state index contributed by atoms with van der Waals surface area (Å²) in [7, 11) is 1.76. The largest absolute Gasteiger partial charge is 0.459 e. The molecule has 1 heterocycles. The van der Waals surface area contributed by atoms with Gasteiger partial charge in [-0.15, -0.1) is 24.0 Å². The van der Waals surface area contributed by atoms with Crippen LogP contribution in [0.4, 0.5) is 5.69 Å². The lowest BCUT2D eigenvalue weighted by Crippen LogP contribution is -2.37. The maximum atomic E-state index is 12.0. The van der Waals surface area contributed by atoms with Gasteiger partial charge in [-0.2, -0.15) is 0 Å². The molecule has 0 spiro atoms. The number of hydrogen-bond donors (Lipinski definition) is 3. The molecular formula is C21H29IN4O3. The molecule has 0 atom stereocenters. The van der Waals surface area contributed by atoms with Gasteiger partial charge in [0.05, 0.1) is 6.26 Å². The molecule has 2 aromatic rings. The summed E-state index contributed by atoms with van der Waals surface area (Å²) in [5, 5.41) is 9.37. The number of carbonyl (C=O) groups is 1. The van der Waals surface area contributed by atoms with Crippen LogP contribution in [-0.4, -0.2) is 38.7 Å². The molecule has 0 unspecified atom stereocenters. The van der Waals surface area contributed by atoms with Gasteiger partial charge in [-0.05, 0) is 55.0 Å². The van der Waals surface area contributed by atoms with Gasteiger partial charge in [-0.3, -0.25) is 9.79 Å². The smallest absolute Gasteiger partial charge is 0.291 e. The number of guanidine groups is 1. The van der Waals surface area contributed by atoms with E-state index in [9.17, 15) is 4.79 Å². The highest BCUT2D eigenvalue weighted by molar-refractivity contribution is 14.0. The molecule has 0 saturated heterocycles. The van der Waals surface area contributed by atoms with Crippen molar-refractivity contribution in [3.8, 4) is 0 Å². The van der Waals surface area contributed by atoms with E-state index in [0.29, 0.717) is 12.3 Å². The van der Waals surface area contributed by atoms with Crippen molar-refractivity contribution in [3.63, 3.8) is 0 Å². The second kappa shape index (κ2) is 12.5. The Labute approximate surface area is 188 Å². The predicted octanol–water partition coefficient (Wildman–Crippen LogP) is 3.63. The average Bonchev–Trinajstić information content (AvgIpc) is 3.37. The fourth-order valence-corrected chi connectivity index (χ4v) is 2.63. The summed E-state index contributed by atoms with van der Waals surface area (Å²) >= 11 is 0. The molecule has 1 aromatic heterocycles. The lowest BCUT2D eigenvalue weighted by Gasteiger charge is -2.12. The number of carbonyl (C=O) groups excluding carboxylic acids is 1. The number of furan rings is 1. The molecule has 1 amide bonds. The van der Waals surface area contributed by atoms with E-state index in [-0.39, 0.29) is 29.9 Å². The number of aliphatic imine (C=N–C) groups is 1. The molecule has 1 aromatic carbocycles. The number of hydrogen-bond acceptors (Lipinski definition) is 4. The fraction of sp³-hybridized carbons (Fsp3) is 0.429. The second-order valence-electron chi connectivity index (χ2n) is 6.85. The van der Waals surface area contributed by atoms with Gasteiger partial charge in [0.15, 0.2) is 11.7 Å². The maximum absolute atomic E-state index is 12.0. The molecule has 158 valence electrons. The van der Waals surface area contributed by atoms with Crippen molar-refractivity contribution in [1.29, 1.82) is 0 Å². The van der Waals surface area contributed by atoms with E-state index in [4.69, 9.17) is 9.15 Å². The topological polar surface area (TPSA) is 87.9 Å². The standard InChI is InChI=1S/C21H28N4O3.HI/c1-22-21(23-11-3-12-27-15-17-5-6-17)24-14-16-7-9-18(10-8-16)25-20(26)19-4-2-13-28-19;/h2,4,7-10,13,17H,3,5-6,11-12,14-15H2,1H3,(H,25,26)(H2,22,23,24);1H. The number of ether oxygens (including phenoxy) is 1. The van der Waals surface area contributed by atoms with Crippen molar-refractivity contribution >= 4 is 41.5 Å². The maximum Gasteiger partial charge on any atom is 0.291 e. The van der Waals surface area contributed by atoms with Gasteiger partial charge in [0.2, 0.25) is 0 Å². The molecule has 1 saturated carbocycles. The highest BCUT2D eigenvalue weighted by Gasteiger charge is 2.20. The van der Waals surface area contributed by atoms with Crippen molar-refractivity contribution in [2.75, 3.05) is 32.1 Å². The number of nitrogens with one attached hydrogen (secondary N) is 3. The third-order valence-corrected chi connectivity index (χ3v) is 4.45. The number of nitrogens with zero attached hydrogens (tertiary/aromatic N) is 1. The summed E-state index contributed by atoms with van der Waals surface area (Å²) < 4.78 is 10.7. The van der Waals surface area contributed by atoms with Gasteiger partial charge in [0, 0.05) is 39.0 Å². The van der Waals surface area contributed by atoms with E-state index in [1.54, 1.807) is 19.2 Å². The Bertz CT molecular complexity index is 759. The van der Waals surface area contributed by atoms with Crippen LogP contribution in [0.15, 0.2) is 52.1 Å². The van der Waals surface area contributed by atoms with E-state index in [0.717, 1.165) is 49.3 Å². The summed E-state index contributed by atoms with van der Waals surface area (Å²) in [5.74, 6) is 1.60. The molecule has 0 bridgehead atoms. The Kier molecular flexibility index (Phi) is 9.99. The lowest BCUT2D eigenvalue weighted by atomic mass is 10.2. The molecule has 7 nitrogen and oxygen atoms in total. The van der Waals surface area contributed by atoms with E-state index in [2.05, 4.69) is 20.9 Å². The van der Waals surface area contributed by atoms with Crippen LogP contribution in [0.1, 0.15) is 35.4 Å². The monoisotopic (exact) mass is 512 g/mol. The number of amides is 1. The molecule has 1 aliphatic carbocycles. The molecule has 3 rings (SSSR count). The van der Waals surface area contributed by atoms with Gasteiger partial charge in [0.25, 0.3) is 5.91 Å². The molecular weight excluding hydrogens is 483 g/mol. The summed E-state index contributed by atoms with van der Waals surface area (Å²) in [6, 6.07) is 11.0. The Morgan fingerprint density at radius 2 is 2.00 bits per heavy atom. The summed E-state index contributed by atoms with van der Waals surface area (Å²) in [6.07, 6.45) is 5.08. The van der Waals surface area contributed by atoms with Crippen LogP contribution in [0, 0.1) is 5.92 Å². The summed E-state index contributed by atoms with van der Waals surface area (Å²) in [5.41, 5.74) is 1.81. The van der Waals surface area contributed by atoms with Gasteiger partial charge in [-0.25, -0.2) is 0 Å². The minimum atomic E-state index is -0.262. The van der Waals surface area contributed by atoms with E-state index in [1.807, 2.05) is 24.3 Å². The molecule has 0 radical (unpaired) electrons.